The number of nitrogens with zero attached hydrogens (tertiary/aromatic N) is 4. The second-order valence-electron chi connectivity index (χ2n) is 4.42. The highest BCUT2D eigenvalue weighted by molar-refractivity contribution is 5.00. The normalized spacial score (nSPS) is 14.4. The van der Waals surface area contributed by atoms with Crippen molar-refractivity contribution in [2.24, 2.45) is 5.73 Å². The van der Waals surface area contributed by atoms with Crippen molar-refractivity contribution in [2.45, 2.75) is 52.1 Å². The zero-order valence-corrected chi connectivity index (χ0v) is 10.2. The highest BCUT2D eigenvalue weighted by Crippen LogP contribution is 2.10. The molecule has 1 rings (SSSR count). The van der Waals surface area contributed by atoms with Gasteiger partial charge in [-0.05, 0) is 40.0 Å². The van der Waals surface area contributed by atoms with E-state index >= 15 is 0 Å². The van der Waals surface area contributed by atoms with Gasteiger partial charge in [0.2, 0.25) is 0 Å². The summed E-state index contributed by atoms with van der Waals surface area (Å²) in [4.78, 5) is 4.23. The Kier molecular flexibility index (Phi) is 4.02. The molecule has 16 heavy (non-hydrogen) atoms. The van der Waals surface area contributed by atoms with Crippen LogP contribution in [0.4, 0.5) is 0 Å². The Bertz CT molecular complexity index is 386. The molecule has 2 N–H and O–H groups in total. The van der Waals surface area contributed by atoms with Crippen LogP contribution in [0.25, 0.3) is 0 Å². The predicted octanol–water partition coefficient (Wildman–Crippen LogP) is 1.31. The Hall–Kier alpha value is -1.41. The van der Waals surface area contributed by atoms with Crippen LogP contribution in [0.3, 0.4) is 0 Å². The third-order valence-corrected chi connectivity index (χ3v) is 2.53. The molecule has 0 fully saturated rings. The summed E-state index contributed by atoms with van der Waals surface area (Å²) >= 11 is 0. The maximum absolute atomic E-state index is 8.76. The van der Waals surface area contributed by atoms with Gasteiger partial charge in [0.25, 0.3) is 0 Å². The summed E-state index contributed by atoms with van der Waals surface area (Å²) in [5.41, 5.74) is 5.03. The average molecular weight is 221 g/mol. The lowest BCUT2D eigenvalue weighted by Gasteiger charge is -2.14. The van der Waals surface area contributed by atoms with Crippen LogP contribution < -0.4 is 5.73 Å². The quantitative estimate of drug-likeness (QED) is 0.760. The van der Waals surface area contributed by atoms with E-state index in [2.05, 4.69) is 16.2 Å². The Labute approximate surface area is 96.3 Å². The van der Waals surface area contributed by atoms with E-state index in [9.17, 15) is 0 Å². The first-order valence-corrected chi connectivity index (χ1v) is 5.53. The zero-order chi connectivity index (χ0) is 12.2. The van der Waals surface area contributed by atoms with E-state index < -0.39 is 5.54 Å². The molecule has 0 saturated carbocycles. The maximum Gasteiger partial charge on any atom is 0.147 e. The second-order valence-corrected chi connectivity index (χ2v) is 4.42. The summed E-state index contributed by atoms with van der Waals surface area (Å²) in [6.45, 7) is 6.44. The molecule has 5 nitrogen and oxygen atoms in total. The maximum atomic E-state index is 8.76. The molecule has 88 valence electrons. The van der Waals surface area contributed by atoms with Gasteiger partial charge in [0.15, 0.2) is 0 Å². The van der Waals surface area contributed by atoms with Crippen molar-refractivity contribution in [3.8, 4) is 6.07 Å². The van der Waals surface area contributed by atoms with Gasteiger partial charge < -0.3 is 5.73 Å². The number of hydrogen-bond acceptors (Lipinski definition) is 4. The molecular formula is C11H19N5. The monoisotopic (exact) mass is 221 g/mol. The van der Waals surface area contributed by atoms with Crippen molar-refractivity contribution < 1.29 is 0 Å². The molecule has 0 aromatic carbocycles. The fraction of sp³-hybridized carbons (Fsp3) is 0.727. The van der Waals surface area contributed by atoms with Crippen LogP contribution in [0.5, 0.6) is 0 Å². The number of unbranched alkanes of at least 4 members (excludes halogenated alkanes) is 1. The number of hydrogen-bond donors (Lipinski definition) is 1. The summed E-state index contributed by atoms with van der Waals surface area (Å²) in [7, 11) is 0. The first kappa shape index (κ1) is 12.7. The molecule has 1 aromatic rings. The van der Waals surface area contributed by atoms with Gasteiger partial charge in [0.1, 0.15) is 17.2 Å². The van der Waals surface area contributed by atoms with Gasteiger partial charge >= 0.3 is 0 Å². The predicted molar refractivity (Wildman–Crippen MR) is 61.6 cm³/mol. The van der Waals surface area contributed by atoms with Crippen LogP contribution in [0.2, 0.25) is 0 Å². The molecule has 5 heteroatoms. The van der Waals surface area contributed by atoms with Gasteiger partial charge in [0.05, 0.1) is 6.07 Å². The van der Waals surface area contributed by atoms with Crippen LogP contribution in [0.15, 0.2) is 0 Å². The average Bonchev–Trinajstić information content (AvgIpc) is 2.52. The standard InChI is InChI=1S/C11H19N5/c1-9-14-10(2)16(15-9)7-5-4-6-11(3,13)8-12/h4-7,13H2,1-3H3. The largest absolute Gasteiger partial charge is 0.314 e. The van der Waals surface area contributed by atoms with E-state index in [1.54, 1.807) is 6.92 Å². The fourth-order valence-corrected chi connectivity index (χ4v) is 1.58. The third kappa shape index (κ3) is 3.63. The summed E-state index contributed by atoms with van der Waals surface area (Å²) in [6, 6.07) is 2.10. The van der Waals surface area contributed by atoms with Crippen molar-refractivity contribution in [1.82, 2.24) is 14.8 Å². The lowest BCUT2D eigenvalue weighted by molar-refractivity contribution is 0.470. The molecule has 0 bridgehead atoms. The summed E-state index contributed by atoms with van der Waals surface area (Å²) in [5, 5.41) is 13.0. The van der Waals surface area contributed by atoms with Crippen molar-refractivity contribution in [3.63, 3.8) is 0 Å². The van der Waals surface area contributed by atoms with Crippen LogP contribution in [-0.2, 0) is 6.54 Å². The topological polar surface area (TPSA) is 80.5 Å². The molecule has 0 radical (unpaired) electrons. The molecule has 0 aliphatic rings. The number of aryl methyl sites for hydroxylation is 3. The highest BCUT2D eigenvalue weighted by Gasteiger charge is 2.16. The molecule has 0 aliphatic heterocycles. The van der Waals surface area contributed by atoms with Gasteiger partial charge in [-0.15, -0.1) is 0 Å². The van der Waals surface area contributed by atoms with Crippen molar-refractivity contribution in [2.75, 3.05) is 0 Å². The minimum absolute atomic E-state index is 0.701. The SMILES string of the molecule is Cc1nc(C)n(CCCCC(C)(N)C#N)n1. The van der Waals surface area contributed by atoms with E-state index in [0.717, 1.165) is 37.5 Å². The second kappa shape index (κ2) is 5.08. The minimum atomic E-state index is -0.701. The lowest BCUT2D eigenvalue weighted by atomic mass is 9.98. The third-order valence-electron chi connectivity index (χ3n) is 2.53. The summed E-state index contributed by atoms with van der Waals surface area (Å²) in [5.74, 6) is 1.74. The molecular weight excluding hydrogens is 202 g/mol. The first-order valence-electron chi connectivity index (χ1n) is 5.53. The van der Waals surface area contributed by atoms with Crippen LogP contribution >= 0.6 is 0 Å². The van der Waals surface area contributed by atoms with E-state index in [0.29, 0.717) is 0 Å². The number of rotatable bonds is 5. The molecule has 0 saturated heterocycles. The van der Waals surface area contributed by atoms with Crippen molar-refractivity contribution in [1.29, 1.82) is 5.26 Å². The Morgan fingerprint density at radius 3 is 2.62 bits per heavy atom. The van der Waals surface area contributed by atoms with Gasteiger partial charge in [-0.25, -0.2) is 4.98 Å². The first-order chi connectivity index (χ1) is 7.44. The van der Waals surface area contributed by atoms with Crippen molar-refractivity contribution in [3.05, 3.63) is 11.6 Å². The molecule has 1 atom stereocenters. The molecule has 0 aliphatic carbocycles. The molecule has 1 heterocycles. The minimum Gasteiger partial charge on any atom is -0.314 e. The van der Waals surface area contributed by atoms with Gasteiger partial charge in [-0.1, -0.05) is 0 Å². The Morgan fingerprint density at radius 1 is 1.44 bits per heavy atom. The van der Waals surface area contributed by atoms with Crippen LogP contribution in [-0.4, -0.2) is 20.3 Å². The molecule has 1 aromatic heterocycles. The molecule has 1 unspecified atom stereocenters. The van der Waals surface area contributed by atoms with Crippen molar-refractivity contribution >= 4 is 0 Å². The van der Waals surface area contributed by atoms with E-state index in [4.69, 9.17) is 11.0 Å². The van der Waals surface area contributed by atoms with Crippen LogP contribution in [0, 0.1) is 25.2 Å². The lowest BCUT2D eigenvalue weighted by Crippen LogP contribution is -2.33. The number of nitriles is 1. The van der Waals surface area contributed by atoms with E-state index in [-0.39, 0.29) is 0 Å². The fourth-order valence-electron chi connectivity index (χ4n) is 1.58. The number of aromatic nitrogens is 3. The van der Waals surface area contributed by atoms with Crippen LogP contribution in [0.1, 0.15) is 37.8 Å². The Morgan fingerprint density at radius 2 is 2.12 bits per heavy atom. The Balaban J connectivity index is 2.32. The highest BCUT2D eigenvalue weighted by atomic mass is 15.3. The van der Waals surface area contributed by atoms with E-state index in [1.165, 1.54) is 0 Å². The van der Waals surface area contributed by atoms with Gasteiger partial charge in [0, 0.05) is 6.54 Å². The summed E-state index contributed by atoms with van der Waals surface area (Å²) < 4.78 is 1.90. The van der Waals surface area contributed by atoms with E-state index in [1.807, 2.05) is 18.5 Å². The van der Waals surface area contributed by atoms with Gasteiger partial charge in [-0.3, -0.25) is 4.68 Å². The van der Waals surface area contributed by atoms with Gasteiger partial charge in [-0.2, -0.15) is 10.4 Å². The summed E-state index contributed by atoms with van der Waals surface area (Å²) in [6.07, 6.45) is 2.62. The smallest absolute Gasteiger partial charge is 0.147 e. The number of nitrogens with two attached hydrogens (primary N) is 1. The molecule has 0 amide bonds. The zero-order valence-electron chi connectivity index (χ0n) is 10.2. The molecule has 0 spiro atoms.